The summed E-state index contributed by atoms with van der Waals surface area (Å²) in [6.45, 7) is 23.9. The van der Waals surface area contributed by atoms with Crippen molar-refractivity contribution in [3.63, 3.8) is 0 Å². The van der Waals surface area contributed by atoms with E-state index in [4.69, 9.17) is 33.1 Å². The summed E-state index contributed by atoms with van der Waals surface area (Å²) >= 11 is 0. The van der Waals surface area contributed by atoms with Gasteiger partial charge in [0, 0.05) is 30.2 Å². The molecule has 2 aromatic carbocycles. The average Bonchev–Trinajstić information content (AvgIpc) is 1.61. The van der Waals surface area contributed by atoms with Crippen LogP contribution < -0.4 is 97.8 Å². The predicted molar refractivity (Wildman–Crippen MR) is 451 cm³/mol. The summed E-state index contributed by atoms with van der Waals surface area (Å²) in [5.41, 5.74) is 30.6. The Hall–Kier alpha value is -10.4. The lowest BCUT2D eigenvalue weighted by Crippen LogP contribution is -2.62. The van der Waals surface area contributed by atoms with E-state index in [1.807, 2.05) is 64.1 Å². The van der Waals surface area contributed by atoms with Crippen LogP contribution in [0.3, 0.4) is 0 Å². The summed E-state index contributed by atoms with van der Waals surface area (Å²) in [4.78, 5) is 217. The van der Waals surface area contributed by atoms with Gasteiger partial charge in [0.2, 0.25) is 88.6 Å². The number of hydrogen-bond donors (Lipinski definition) is 20. The van der Waals surface area contributed by atoms with Gasteiger partial charge in [-0.25, -0.2) is 0 Å². The fourth-order valence-electron chi connectivity index (χ4n) is 13.3. The Morgan fingerprint density at radius 1 is 0.408 bits per heavy atom. The van der Waals surface area contributed by atoms with Crippen LogP contribution in [0.5, 0.6) is 0 Å². The molecule has 37 heteroatoms. The van der Waals surface area contributed by atoms with E-state index in [9.17, 15) is 86.9 Å². The summed E-state index contributed by atoms with van der Waals surface area (Å²) in [6.07, 6.45) is 2.32. The lowest BCUT2D eigenvalue weighted by atomic mass is 9.94. The lowest BCUT2D eigenvalue weighted by molar-refractivity contribution is -0.142. The molecule has 0 radical (unpaired) electrons. The molecule has 0 spiro atoms. The van der Waals surface area contributed by atoms with Crippen molar-refractivity contribution in [1.82, 2.24) is 69.1 Å². The zero-order chi connectivity index (χ0) is 90.4. The number of furan rings is 1. The van der Waals surface area contributed by atoms with Crippen molar-refractivity contribution >= 4 is 117 Å². The maximum atomic E-state index is 14.6. The van der Waals surface area contributed by atoms with Crippen LogP contribution in [0.2, 0.25) is 0 Å². The van der Waals surface area contributed by atoms with Gasteiger partial charge in [0.25, 0.3) is 0 Å². The second-order valence-corrected chi connectivity index (χ2v) is 32.6. The minimum Gasteiger partial charge on any atom is -0.480 e. The van der Waals surface area contributed by atoms with Gasteiger partial charge in [-0.3, -0.25) is 76.7 Å². The molecule has 37 nitrogen and oxygen atoms in total. The molecule has 25 N–H and O–H groups in total. The molecule has 3 rings (SSSR count). The summed E-state index contributed by atoms with van der Waals surface area (Å²) in [5.74, 6) is -15.3. The largest absolute Gasteiger partial charge is 0.480 e. The number of aryl methyl sites for hydroxylation is 1. The molecule has 0 fully saturated rings. The molecule has 0 unspecified atom stereocenters. The van der Waals surface area contributed by atoms with Crippen molar-refractivity contribution in [3.8, 4) is 0 Å². The summed E-state index contributed by atoms with van der Waals surface area (Å²) < 4.78 is 6.62. The topological polar surface area (TPSA) is 613 Å². The highest BCUT2D eigenvalue weighted by atomic mass is 16.4. The number of carboxylic acids is 1. The van der Waals surface area contributed by atoms with Crippen LogP contribution in [0.4, 0.5) is 0 Å². The maximum absolute atomic E-state index is 14.6. The number of aliphatic carboxylic acids is 1. The third kappa shape index (κ3) is 34.4. The SMILES string of the molecule is CCC[C@H](NC(=O)[C@H](CCC(N)=O)NC(=O)[C@@H](NC(=O)[C@@H](N)CO)C(C)C)C(=O)N[C@@H](CCCCN)C(=O)N[C@@H](CC(C)C)C(=O)NCCc1cccc2c1oc1c(CCC(=O)N[C@H](C(=O)N[C@H](C(=O)N[C@H](C(=O)N[C@@H](CCCCN)C(=O)N[C@@H](CC(C)C)C(=O)N[C@@H](CC(N)=O)C(=O)N[C@@H](C)C(=O)O)C(C)C)[C@@H](C)CC)[C@@H](C)CC)cccc12. The van der Waals surface area contributed by atoms with E-state index in [1.165, 1.54) is 6.92 Å². The number of carboxylic acid groups (broad SMARTS) is 1. The Bertz CT molecular complexity index is 3950. The van der Waals surface area contributed by atoms with Gasteiger partial charge in [-0.2, -0.15) is 0 Å². The normalized spacial score (nSPS) is 15.2. The first-order valence-corrected chi connectivity index (χ1v) is 42.0. The van der Waals surface area contributed by atoms with Crippen molar-refractivity contribution in [3.05, 3.63) is 47.5 Å². The van der Waals surface area contributed by atoms with Gasteiger partial charge in [-0.1, -0.05) is 146 Å². The van der Waals surface area contributed by atoms with E-state index in [2.05, 4.69) is 69.1 Å². The van der Waals surface area contributed by atoms with Crippen LogP contribution in [0.15, 0.2) is 40.8 Å². The Kier molecular flexibility index (Phi) is 45.5. The highest BCUT2D eigenvalue weighted by Crippen LogP contribution is 2.34. The van der Waals surface area contributed by atoms with Crippen molar-refractivity contribution in [1.29, 1.82) is 0 Å². The number of aliphatic hydroxyl groups is 1. The average molecular weight is 1690 g/mol. The van der Waals surface area contributed by atoms with Crippen molar-refractivity contribution < 1.29 is 91.3 Å². The number of hydrogen-bond acceptors (Lipinski definition) is 21. The number of aliphatic hydroxyl groups excluding tert-OH is 1. The van der Waals surface area contributed by atoms with Crippen LogP contribution in [-0.4, -0.2) is 210 Å². The monoisotopic (exact) mass is 1690 g/mol. The number of para-hydroxylation sites is 2. The van der Waals surface area contributed by atoms with Crippen LogP contribution in [0, 0.1) is 35.5 Å². The van der Waals surface area contributed by atoms with Gasteiger partial charge in [0.15, 0.2) is 0 Å². The van der Waals surface area contributed by atoms with Gasteiger partial charge in [-0.05, 0) is 144 Å². The van der Waals surface area contributed by atoms with Crippen molar-refractivity contribution in [2.24, 2.45) is 64.2 Å². The molecule has 0 saturated heterocycles. The van der Waals surface area contributed by atoms with E-state index in [1.54, 1.807) is 62.3 Å². The van der Waals surface area contributed by atoms with E-state index in [0.29, 0.717) is 61.7 Å². The Morgan fingerprint density at radius 2 is 0.792 bits per heavy atom. The van der Waals surface area contributed by atoms with Crippen LogP contribution in [-0.2, 0) is 89.6 Å². The van der Waals surface area contributed by atoms with Crippen molar-refractivity contribution in [2.75, 3.05) is 26.2 Å². The number of benzene rings is 2. The van der Waals surface area contributed by atoms with E-state index >= 15 is 0 Å². The quantitative estimate of drug-likeness (QED) is 0.0334. The third-order valence-corrected chi connectivity index (χ3v) is 20.8. The molecule has 15 atom stereocenters. The molecule has 0 bridgehead atoms. The molecule has 0 aliphatic heterocycles. The zero-order valence-corrected chi connectivity index (χ0v) is 72.2. The molecule has 672 valence electrons. The molecule has 120 heavy (non-hydrogen) atoms. The number of carbonyl (C=O) groups excluding carboxylic acids is 15. The Labute approximate surface area is 703 Å². The predicted octanol–water partition coefficient (Wildman–Crippen LogP) is 0.114. The molecular formula is C83H136N18O19. The first-order chi connectivity index (χ1) is 56.6. The molecule has 0 aliphatic rings. The summed E-state index contributed by atoms with van der Waals surface area (Å²) in [6, 6.07) is -5.65. The number of fused-ring (bicyclic) bond motifs is 3. The van der Waals surface area contributed by atoms with Gasteiger partial charge in [0.1, 0.15) is 89.7 Å². The van der Waals surface area contributed by atoms with Gasteiger partial charge in [-0.15, -0.1) is 0 Å². The smallest absolute Gasteiger partial charge is 0.325 e. The first-order valence-electron chi connectivity index (χ1n) is 42.0. The molecule has 3 aromatic rings. The number of nitrogens with one attached hydrogen (secondary N) is 13. The molecule has 15 amide bonds. The Balaban J connectivity index is 1.83. The molecular weight excluding hydrogens is 1550 g/mol. The van der Waals surface area contributed by atoms with E-state index < -0.39 is 210 Å². The molecule has 1 heterocycles. The van der Waals surface area contributed by atoms with Crippen LogP contribution in [0.1, 0.15) is 211 Å². The highest BCUT2D eigenvalue weighted by molar-refractivity contribution is 6.07. The van der Waals surface area contributed by atoms with Gasteiger partial charge in [0.05, 0.1) is 13.0 Å². The zero-order valence-electron chi connectivity index (χ0n) is 72.2. The Morgan fingerprint density at radius 3 is 1.21 bits per heavy atom. The number of carbonyl (C=O) groups is 16. The molecule has 0 saturated carbocycles. The second-order valence-electron chi connectivity index (χ2n) is 32.6. The van der Waals surface area contributed by atoms with Crippen LogP contribution in [0.25, 0.3) is 21.9 Å². The lowest BCUT2D eigenvalue weighted by Gasteiger charge is -2.31. The first kappa shape index (κ1) is 104. The van der Waals surface area contributed by atoms with Crippen LogP contribution >= 0.6 is 0 Å². The maximum Gasteiger partial charge on any atom is 0.325 e. The minimum atomic E-state index is -1.61. The van der Waals surface area contributed by atoms with Crippen molar-refractivity contribution in [2.45, 2.75) is 291 Å². The fraction of sp³-hybridized carbons (Fsp3) is 0.663. The number of amides is 15. The number of primary amides is 2. The third-order valence-electron chi connectivity index (χ3n) is 20.8. The number of unbranched alkanes of at least 4 members (excludes halogenated alkanes) is 2. The molecule has 0 aliphatic carbocycles. The van der Waals surface area contributed by atoms with E-state index in [0.717, 1.165) is 16.3 Å². The van der Waals surface area contributed by atoms with E-state index in [-0.39, 0.29) is 95.7 Å². The minimum absolute atomic E-state index is 0.0172. The standard InChI is InChI=1S/C83H136N18O19/c1-15-24-55(91-76(111)58(32-33-62(87)103)94-79(114)65(45(8)9)99-71(106)54(86)42-102)73(108)92-56(29-18-20-36-84)74(109)95-59(39-43(4)5)72(107)89-38-35-51-26-23-28-53-52-27-22-25-50(69(52)120-70(51)53)31-34-64(105)98-67(47(12)16-2)81(116)101-68(48(13)17-3)82(117)100-66(46(10)11)80(115)93-57(30-19-21-37-85)75(110)96-60(40-44(6)7)78(113)97-61(41-63(88)104)77(112)90-49(14)83(118)119/h22-23,25-28,43-49,54-61,65-68,102H,15-21,24,29-42,84-86H2,1-14H3,(H2,87,103)(H2,88,104)(H,89,107)(H,90,112)(H,91,111)(H,92,108)(H,93,115)(H,94,114)(H,95,109)(H,96,110)(H,97,113)(H,98,105)(H,99,106)(H,100,117)(H,101,116)(H,118,119)/t47-,48-,49-,54-,55-,56-,57-,58-,59-,60-,61-,65-,66-,67-,68-/m0/s1. The fourth-order valence-corrected chi connectivity index (χ4v) is 13.3. The van der Waals surface area contributed by atoms with Gasteiger partial charge < -0.3 is 112 Å². The second kappa shape index (κ2) is 52.6. The summed E-state index contributed by atoms with van der Waals surface area (Å²) in [7, 11) is 0. The summed E-state index contributed by atoms with van der Waals surface area (Å²) in [5, 5.41) is 55.1. The number of rotatable bonds is 57. The molecule has 1 aromatic heterocycles. The number of nitrogens with two attached hydrogens (primary N) is 5. The van der Waals surface area contributed by atoms with Gasteiger partial charge >= 0.3 is 5.97 Å². The highest BCUT2D eigenvalue weighted by Gasteiger charge is 2.39.